The molecule has 122 valence electrons. The second-order valence-corrected chi connectivity index (χ2v) is 6.83. The van der Waals surface area contributed by atoms with Gasteiger partial charge < -0.3 is 14.1 Å². The monoisotopic (exact) mass is 339 g/mol. The first-order valence-corrected chi connectivity index (χ1v) is 8.86. The first kappa shape index (κ1) is 15.1. The van der Waals surface area contributed by atoms with E-state index in [0.717, 1.165) is 28.0 Å². The van der Waals surface area contributed by atoms with Gasteiger partial charge in [-0.1, -0.05) is 30.3 Å². The van der Waals surface area contributed by atoms with Crippen LogP contribution in [0.15, 0.2) is 59.0 Å². The minimum Gasteiger partial charge on any atom is -0.497 e. The van der Waals surface area contributed by atoms with Crippen LogP contribution in [0.25, 0.3) is 11.0 Å². The second-order valence-electron chi connectivity index (χ2n) is 5.65. The van der Waals surface area contributed by atoms with Gasteiger partial charge in [0.1, 0.15) is 16.7 Å². The predicted molar refractivity (Wildman–Crippen MR) is 95.4 cm³/mol. The number of hydrogen-bond acceptors (Lipinski definition) is 4. The molecule has 24 heavy (non-hydrogen) atoms. The molecule has 0 bridgehead atoms. The van der Waals surface area contributed by atoms with E-state index in [1.807, 2.05) is 59.5 Å². The van der Waals surface area contributed by atoms with Crippen molar-refractivity contribution in [2.45, 2.75) is 5.37 Å². The molecule has 4 nitrogen and oxygen atoms in total. The highest BCUT2D eigenvalue weighted by molar-refractivity contribution is 7.99. The Kier molecular flexibility index (Phi) is 3.94. The van der Waals surface area contributed by atoms with Gasteiger partial charge in [-0.3, -0.25) is 4.79 Å². The van der Waals surface area contributed by atoms with Gasteiger partial charge in [0.15, 0.2) is 5.76 Å². The summed E-state index contributed by atoms with van der Waals surface area (Å²) in [5.74, 6) is 2.04. The molecule has 1 aliphatic rings. The minimum absolute atomic E-state index is 0.0131. The van der Waals surface area contributed by atoms with Gasteiger partial charge in [0.2, 0.25) is 0 Å². The normalized spacial score (nSPS) is 17.4. The summed E-state index contributed by atoms with van der Waals surface area (Å²) in [7, 11) is 1.65. The molecule has 0 saturated carbocycles. The molecule has 4 rings (SSSR count). The van der Waals surface area contributed by atoms with Crippen molar-refractivity contribution in [2.75, 3.05) is 19.4 Å². The standard InChI is InChI=1S/C19H17NO3S/c1-22-15-7-4-6-14(11-15)19-20(9-10-24-19)18(21)17-12-13-5-2-3-8-16(13)23-17/h2-8,11-12,19H,9-10H2,1H3/t19-/m1/s1. The van der Waals surface area contributed by atoms with Crippen molar-refractivity contribution in [1.82, 2.24) is 4.90 Å². The molecule has 1 saturated heterocycles. The highest BCUT2D eigenvalue weighted by Gasteiger charge is 2.33. The van der Waals surface area contributed by atoms with Gasteiger partial charge in [-0.05, 0) is 29.8 Å². The van der Waals surface area contributed by atoms with Crippen LogP contribution < -0.4 is 4.74 Å². The lowest BCUT2D eigenvalue weighted by molar-refractivity contribution is 0.0730. The van der Waals surface area contributed by atoms with Crippen LogP contribution >= 0.6 is 11.8 Å². The molecule has 5 heteroatoms. The van der Waals surface area contributed by atoms with Crippen LogP contribution in [0.2, 0.25) is 0 Å². The van der Waals surface area contributed by atoms with Gasteiger partial charge in [-0.15, -0.1) is 11.8 Å². The molecule has 1 amide bonds. The van der Waals surface area contributed by atoms with Crippen molar-refractivity contribution in [1.29, 1.82) is 0 Å². The number of amides is 1. The zero-order valence-electron chi connectivity index (χ0n) is 13.3. The van der Waals surface area contributed by atoms with Crippen LogP contribution in [0.4, 0.5) is 0 Å². The van der Waals surface area contributed by atoms with Gasteiger partial charge in [0, 0.05) is 17.7 Å². The Morgan fingerprint density at radius 1 is 1.21 bits per heavy atom. The molecule has 2 heterocycles. The number of fused-ring (bicyclic) bond motifs is 1. The highest BCUT2D eigenvalue weighted by Crippen LogP contribution is 2.40. The van der Waals surface area contributed by atoms with Gasteiger partial charge >= 0.3 is 0 Å². The van der Waals surface area contributed by atoms with E-state index >= 15 is 0 Å². The first-order valence-electron chi connectivity index (χ1n) is 7.81. The van der Waals surface area contributed by atoms with Crippen LogP contribution in [-0.4, -0.2) is 30.2 Å². The molecule has 0 unspecified atom stereocenters. The Balaban J connectivity index is 1.65. The first-order chi connectivity index (χ1) is 11.8. The molecule has 0 radical (unpaired) electrons. The SMILES string of the molecule is COc1cccc([C@H]2SCCN2C(=O)c2cc3ccccc3o2)c1. The second kappa shape index (κ2) is 6.24. The molecule has 2 aromatic carbocycles. The van der Waals surface area contributed by atoms with Crippen molar-refractivity contribution >= 4 is 28.6 Å². The fourth-order valence-corrected chi connectivity index (χ4v) is 4.22. The van der Waals surface area contributed by atoms with Gasteiger partial charge in [0.25, 0.3) is 5.91 Å². The van der Waals surface area contributed by atoms with E-state index in [-0.39, 0.29) is 11.3 Å². The smallest absolute Gasteiger partial charge is 0.290 e. The number of para-hydroxylation sites is 1. The van der Waals surface area contributed by atoms with Crippen molar-refractivity contribution < 1.29 is 13.9 Å². The quantitative estimate of drug-likeness (QED) is 0.712. The molecule has 0 N–H and O–H groups in total. The third-order valence-corrected chi connectivity index (χ3v) is 5.43. The van der Waals surface area contributed by atoms with Crippen molar-refractivity contribution in [2.24, 2.45) is 0 Å². The lowest BCUT2D eigenvalue weighted by atomic mass is 10.2. The van der Waals surface area contributed by atoms with Crippen molar-refractivity contribution in [3.05, 3.63) is 65.9 Å². The molecule has 3 aromatic rings. The van der Waals surface area contributed by atoms with E-state index in [4.69, 9.17) is 9.15 Å². The molecular weight excluding hydrogens is 322 g/mol. The van der Waals surface area contributed by atoms with E-state index < -0.39 is 0 Å². The van der Waals surface area contributed by atoms with Crippen molar-refractivity contribution in [3.8, 4) is 5.75 Å². The maximum atomic E-state index is 12.9. The molecule has 0 spiro atoms. The Morgan fingerprint density at radius 2 is 2.08 bits per heavy atom. The number of ether oxygens (including phenoxy) is 1. The fourth-order valence-electron chi connectivity index (χ4n) is 2.98. The van der Waals surface area contributed by atoms with E-state index in [0.29, 0.717) is 12.3 Å². The zero-order valence-corrected chi connectivity index (χ0v) is 14.1. The zero-order chi connectivity index (χ0) is 16.5. The maximum Gasteiger partial charge on any atom is 0.290 e. The van der Waals surface area contributed by atoms with Crippen LogP contribution in [0.3, 0.4) is 0 Å². The summed E-state index contributed by atoms with van der Waals surface area (Å²) in [6.45, 7) is 0.711. The Morgan fingerprint density at radius 3 is 2.92 bits per heavy atom. The molecule has 1 atom stereocenters. The summed E-state index contributed by atoms with van der Waals surface area (Å²) in [4.78, 5) is 14.8. The van der Waals surface area contributed by atoms with Crippen LogP contribution in [0.1, 0.15) is 21.5 Å². The molecule has 0 aliphatic carbocycles. The Hall–Kier alpha value is -2.40. The average molecular weight is 339 g/mol. The summed E-state index contributed by atoms with van der Waals surface area (Å²) in [6.07, 6.45) is 0. The van der Waals surface area contributed by atoms with Crippen molar-refractivity contribution in [3.63, 3.8) is 0 Å². The third-order valence-electron chi connectivity index (χ3n) is 4.17. The predicted octanol–water partition coefficient (Wildman–Crippen LogP) is 4.33. The summed E-state index contributed by atoms with van der Waals surface area (Å²) in [6, 6.07) is 17.4. The van der Waals surface area contributed by atoms with Gasteiger partial charge in [-0.25, -0.2) is 0 Å². The summed E-state index contributed by atoms with van der Waals surface area (Å²) < 4.78 is 11.0. The largest absolute Gasteiger partial charge is 0.497 e. The molecule has 1 aliphatic heterocycles. The topological polar surface area (TPSA) is 42.7 Å². The maximum absolute atomic E-state index is 12.9. The number of thioether (sulfide) groups is 1. The highest BCUT2D eigenvalue weighted by atomic mass is 32.2. The third kappa shape index (κ3) is 2.65. The molecular formula is C19H17NO3S. The molecule has 1 fully saturated rings. The number of methoxy groups -OCH3 is 1. The minimum atomic E-state index is -0.0657. The molecule has 1 aromatic heterocycles. The van der Waals surface area contributed by atoms with Crippen LogP contribution in [-0.2, 0) is 0 Å². The van der Waals surface area contributed by atoms with E-state index in [2.05, 4.69) is 0 Å². The summed E-state index contributed by atoms with van der Waals surface area (Å²) in [5, 5.41) is 0.937. The van der Waals surface area contributed by atoms with E-state index in [9.17, 15) is 4.79 Å². The number of hydrogen-bond donors (Lipinski definition) is 0. The number of carbonyl (C=O) groups is 1. The average Bonchev–Trinajstić information content (AvgIpc) is 3.28. The number of nitrogens with zero attached hydrogens (tertiary/aromatic N) is 1. The summed E-state index contributed by atoms with van der Waals surface area (Å²) >= 11 is 1.76. The number of benzene rings is 2. The fraction of sp³-hybridized carbons (Fsp3) is 0.211. The Labute approximate surface area is 144 Å². The summed E-state index contributed by atoms with van der Waals surface area (Å²) in [5.41, 5.74) is 1.81. The number of carbonyl (C=O) groups excluding carboxylic acids is 1. The lowest BCUT2D eigenvalue weighted by Gasteiger charge is -2.23. The Bertz CT molecular complexity index is 856. The van der Waals surface area contributed by atoms with Crippen LogP contribution in [0.5, 0.6) is 5.75 Å². The number of rotatable bonds is 3. The van der Waals surface area contributed by atoms with Crippen LogP contribution in [0, 0.1) is 0 Å². The lowest BCUT2D eigenvalue weighted by Crippen LogP contribution is -2.30. The van der Waals surface area contributed by atoms with Gasteiger partial charge in [0.05, 0.1) is 7.11 Å². The van der Waals surface area contributed by atoms with E-state index in [1.54, 1.807) is 18.9 Å². The van der Waals surface area contributed by atoms with E-state index in [1.165, 1.54) is 0 Å². The van der Waals surface area contributed by atoms with Gasteiger partial charge in [-0.2, -0.15) is 0 Å². The number of furan rings is 1.